The Labute approximate surface area is 209 Å². The molecule has 2 aromatic rings. The number of carbonyl (C=O) groups is 1. The Balaban J connectivity index is 2.01. The van der Waals surface area contributed by atoms with Crippen LogP contribution < -0.4 is 0 Å². The van der Waals surface area contributed by atoms with Crippen molar-refractivity contribution in [3.8, 4) is 0 Å². The van der Waals surface area contributed by atoms with Crippen molar-refractivity contribution < 1.29 is 22.9 Å². The molecule has 2 aliphatic rings. The van der Waals surface area contributed by atoms with Crippen LogP contribution in [0, 0.1) is 26.4 Å². The van der Waals surface area contributed by atoms with Crippen LogP contribution >= 0.6 is 0 Å². The number of carbonyl (C=O) groups excluding carboxylic acids is 1. The van der Waals surface area contributed by atoms with Crippen LogP contribution in [0.25, 0.3) is 0 Å². The highest BCUT2D eigenvalue weighted by molar-refractivity contribution is 6.11. The molecule has 0 aliphatic heterocycles. The number of nitrogens with zero attached hydrogens (tertiary/aromatic N) is 1. The van der Waals surface area contributed by atoms with Crippen molar-refractivity contribution in [2.45, 2.75) is 59.6 Å². The Morgan fingerprint density at radius 1 is 0.833 bits per heavy atom. The Kier molecular flexibility index (Phi) is 5.85. The summed E-state index contributed by atoms with van der Waals surface area (Å²) >= 11 is 0. The van der Waals surface area contributed by atoms with Crippen LogP contribution in [-0.2, 0) is 11.0 Å². The Morgan fingerprint density at radius 2 is 1.36 bits per heavy atom. The van der Waals surface area contributed by atoms with Gasteiger partial charge in [-0.1, -0.05) is 90.1 Å². The SMILES string of the molecule is CC(C)(C)C1=CC2(C=C(C(C)(C)C)C1=O)[C@H](c1ccccc1)[C@H]2c1ccc(C(F)(F)F)cc1[N+](=O)[O-]. The minimum atomic E-state index is -4.70. The predicted molar refractivity (Wildman–Crippen MR) is 133 cm³/mol. The van der Waals surface area contributed by atoms with Crippen LogP contribution in [0.1, 0.15) is 70.1 Å². The van der Waals surface area contributed by atoms with Crippen molar-refractivity contribution in [1.82, 2.24) is 0 Å². The van der Waals surface area contributed by atoms with Gasteiger partial charge in [0.2, 0.25) is 0 Å². The molecular formula is C29H30F3NO3. The summed E-state index contributed by atoms with van der Waals surface area (Å²) in [5.41, 5.74) is -0.970. The molecule has 1 spiro atoms. The van der Waals surface area contributed by atoms with Crippen molar-refractivity contribution in [2.24, 2.45) is 16.2 Å². The van der Waals surface area contributed by atoms with E-state index in [0.29, 0.717) is 17.2 Å². The third kappa shape index (κ3) is 4.29. The van der Waals surface area contributed by atoms with E-state index in [2.05, 4.69) is 0 Å². The maximum Gasteiger partial charge on any atom is 0.416 e. The number of alkyl halides is 3. The molecule has 0 unspecified atom stereocenters. The highest BCUT2D eigenvalue weighted by Gasteiger charge is 2.66. The third-order valence-electron chi connectivity index (χ3n) is 7.24. The van der Waals surface area contributed by atoms with Crippen LogP contribution in [0.2, 0.25) is 0 Å². The minimum Gasteiger partial charge on any atom is -0.289 e. The number of ketones is 1. The van der Waals surface area contributed by atoms with Crippen LogP contribution in [0.3, 0.4) is 0 Å². The van der Waals surface area contributed by atoms with Gasteiger partial charge >= 0.3 is 6.18 Å². The van der Waals surface area contributed by atoms with Gasteiger partial charge in [-0.15, -0.1) is 0 Å². The van der Waals surface area contributed by atoms with Crippen molar-refractivity contribution in [1.29, 1.82) is 0 Å². The van der Waals surface area contributed by atoms with Crippen molar-refractivity contribution >= 4 is 11.5 Å². The first kappa shape index (κ1) is 25.9. The number of benzene rings is 2. The predicted octanol–water partition coefficient (Wildman–Crippen LogP) is 8.01. The topological polar surface area (TPSA) is 60.2 Å². The molecule has 2 aliphatic carbocycles. The molecule has 190 valence electrons. The van der Waals surface area contributed by atoms with Crippen LogP contribution in [0.4, 0.5) is 18.9 Å². The molecule has 0 saturated heterocycles. The second kappa shape index (κ2) is 8.15. The van der Waals surface area contributed by atoms with Gasteiger partial charge in [-0.05, 0) is 22.5 Å². The Bertz CT molecular complexity index is 1260. The first-order chi connectivity index (χ1) is 16.5. The molecule has 1 saturated carbocycles. The summed E-state index contributed by atoms with van der Waals surface area (Å²) in [7, 11) is 0. The lowest BCUT2D eigenvalue weighted by Crippen LogP contribution is -2.30. The fourth-order valence-corrected chi connectivity index (χ4v) is 5.45. The highest BCUT2D eigenvalue weighted by Crippen LogP contribution is 2.75. The monoisotopic (exact) mass is 497 g/mol. The van der Waals surface area contributed by atoms with E-state index in [1.165, 1.54) is 6.07 Å². The number of allylic oxidation sites excluding steroid dienone is 4. The summed E-state index contributed by atoms with van der Waals surface area (Å²) in [5.74, 6) is -0.817. The molecule has 0 bridgehead atoms. The molecule has 36 heavy (non-hydrogen) atoms. The lowest BCUT2D eigenvalue weighted by Gasteiger charge is -2.34. The average Bonchev–Trinajstić information content (AvgIpc) is 3.40. The Morgan fingerprint density at radius 3 is 1.81 bits per heavy atom. The summed E-state index contributed by atoms with van der Waals surface area (Å²) < 4.78 is 40.2. The summed E-state index contributed by atoms with van der Waals surface area (Å²) in [5, 5.41) is 12.0. The maximum absolute atomic E-state index is 13.6. The summed E-state index contributed by atoms with van der Waals surface area (Å²) in [6.45, 7) is 11.7. The molecule has 0 radical (unpaired) electrons. The zero-order valence-corrected chi connectivity index (χ0v) is 21.2. The molecule has 2 atom stereocenters. The summed E-state index contributed by atoms with van der Waals surface area (Å²) in [4.78, 5) is 24.8. The molecule has 0 amide bonds. The fraction of sp³-hybridized carbons (Fsp3) is 0.414. The number of nitro groups is 1. The first-order valence-corrected chi connectivity index (χ1v) is 11.9. The third-order valence-corrected chi connectivity index (χ3v) is 7.24. The van der Waals surface area contributed by atoms with E-state index < -0.39 is 44.5 Å². The second-order valence-corrected chi connectivity index (χ2v) is 11.8. The van der Waals surface area contributed by atoms with Crippen LogP contribution in [-0.4, -0.2) is 10.7 Å². The van der Waals surface area contributed by atoms with Gasteiger partial charge in [-0.25, -0.2) is 0 Å². The highest BCUT2D eigenvalue weighted by atomic mass is 19.4. The normalized spacial score (nSPS) is 21.8. The number of hydrogen-bond donors (Lipinski definition) is 0. The van der Waals surface area contributed by atoms with Gasteiger partial charge in [-0.2, -0.15) is 13.2 Å². The number of halogens is 3. The molecule has 1 fully saturated rings. The van der Waals surface area contributed by atoms with Crippen LogP contribution in [0.5, 0.6) is 0 Å². The lowest BCUT2D eigenvalue weighted by molar-refractivity contribution is -0.385. The van der Waals surface area contributed by atoms with Crippen molar-refractivity contribution in [2.75, 3.05) is 0 Å². The molecule has 0 aromatic heterocycles. The largest absolute Gasteiger partial charge is 0.416 e. The zero-order valence-electron chi connectivity index (χ0n) is 21.2. The molecule has 2 aromatic carbocycles. The van der Waals surface area contributed by atoms with E-state index in [0.717, 1.165) is 11.6 Å². The molecule has 0 N–H and O–H groups in total. The molecule has 7 heteroatoms. The number of nitro benzene ring substituents is 1. The first-order valence-electron chi connectivity index (χ1n) is 11.9. The number of hydrogen-bond acceptors (Lipinski definition) is 3. The minimum absolute atomic E-state index is 0.0556. The van der Waals surface area contributed by atoms with Crippen molar-refractivity contribution in [3.63, 3.8) is 0 Å². The van der Waals surface area contributed by atoms with Gasteiger partial charge in [-0.3, -0.25) is 14.9 Å². The summed E-state index contributed by atoms with van der Waals surface area (Å²) in [6.07, 6.45) is -0.845. The molecule has 4 rings (SSSR count). The van der Waals surface area contributed by atoms with E-state index in [4.69, 9.17) is 0 Å². The standard InChI is InChI=1S/C29H30F3NO3/c1-26(2,3)20-15-28(16-21(25(20)34)27(4,5)6)23(17-10-8-7-9-11-17)24(28)19-13-12-18(29(30,31)32)14-22(19)33(35)36/h7-16,23-24H,1-6H3/t23-,24-/m1/s1. The lowest BCUT2D eigenvalue weighted by atomic mass is 9.69. The van der Waals surface area contributed by atoms with Gasteiger partial charge in [0.15, 0.2) is 5.78 Å². The van der Waals surface area contributed by atoms with Gasteiger partial charge in [0, 0.05) is 40.0 Å². The van der Waals surface area contributed by atoms with E-state index in [9.17, 15) is 28.1 Å². The molecule has 4 nitrogen and oxygen atoms in total. The molecular weight excluding hydrogens is 467 g/mol. The van der Waals surface area contributed by atoms with Crippen molar-refractivity contribution in [3.05, 3.63) is 98.6 Å². The molecule has 0 heterocycles. The van der Waals surface area contributed by atoms with E-state index >= 15 is 0 Å². The fourth-order valence-electron chi connectivity index (χ4n) is 5.45. The van der Waals surface area contributed by atoms with Gasteiger partial charge < -0.3 is 0 Å². The zero-order chi connectivity index (χ0) is 26.8. The average molecular weight is 498 g/mol. The second-order valence-electron chi connectivity index (χ2n) is 11.8. The van der Waals surface area contributed by atoms with Gasteiger partial charge in [0.05, 0.1) is 10.5 Å². The quantitative estimate of drug-likeness (QED) is 0.319. The number of Topliss-reactive ketones (excluding diaryl/α,β-unsaturated/α-hetero) is 1. The van der Waals surface area contributed by atoms with Crippen LogP contribution in [0.15, 0.2) is 71.8 Å². The van der Waals surface area contributed by atoms with E-state index in [1.807, 2.05) is 84.0 Å². The van der Waals surface area contributed by atoms with Gasteiger partial charge in [0.25, 0.3) is 5.69 Å². The summed E-state index contributed by atoms with van der Waals surface area (Å²) in [6, 6.07) is 12.2. The number of rotatable bonds is 3. The Hall–Kier alpha value is -3.22. The van der Waals surface area contributed by atoms with E-state index in [1.54, 1.807) is 0 Å². The smallest absolute Gasteiger partial charge is 0.289 e. The van der Waals surface area contributed by atoms with Gasteiger partial charge in [0.1, 0.15) is 0 Å². The maximum atomic E-state index is 13.6. The van der Waals surface area contributed by atoms with E-state index in [-0.39, 0.29) is 17.3 Å².